The largest absolute Gasteiger partial charge is 0.324 e. The average Bonchev–Trinajstić information content (AvgIpc) is 3.27. The third-order valence-electron chi connectivity index (χ3n) is 6.63. The summed E-state index contributed by atoms with van der Waals surface area (Å²) in [4.78, 5) is 12.7. The maximum atomic E-state index is 12.7. The van der Waals surface area contributed by atoms with Crippen molar-refractivity contribution in [3.63, 3.8) is 0 Å². The molecule has 0 unspecified atom stereocenters. The van der Waals surface area contributed by atoms with Crippen molar-refractivity contribution >= 4 is 50.1 Å². The molecule has 1 aliphatic rings. The number of hydrogen-bond acceptors (Lipinski definition) is 4. The van der Waals surface area contributed by atoms with Gasteiger partial charge in [0.15, 0.2) is 5.16 Å². The SMILES string of the molecule is Cc1ccc(NC(=O)CSc2nnc(Cc3cccc4ccccc34)n2C2CCCCC2)c(Br)c1. The van der Waals surface area contributed by atoms with Crippen LogP contribution in [0.4, 0.5) is 5.69 Å². The lowest BCUT2D eigenvalue weighted by molar-refractivity contribution is -0.113. The Labute approximate surface area is 218 Å². The summed E-state index contributed by atoms with van der Waals surface area (Å²) < 4.78 is 3.21. The van der Waals surface area contributed by atoms with Crippen LogP contribution in [0.2, 0.25) is 0 Å². The van der Waals surface area contributed by atoms with E-state index in [2.05, 4.69) is 78.5 Å². The Morgan fingerprint density at radius 2 is 1.86 bits per heavy atom. The number of halogens is 1. The maximum Gasteiger partial charge on any atom is 0.234 e. The molecule has 180 valence electrons. The van der Waals surface area contributed by atoms with Crippen molar-refractivity contribution in [3.05, 3.63) is 82.1 Å². The van der Waals surface area contributed by atoms with E-state index in [4.69, 9.17) is 0 Å². The van der Waals surface area contributed by atoms with Crippen LogP contribution in [0.25, 0.3) is 10.8 Å². The molecule has 1 aromatic heterocycles. The smallest absolute Gasteiger partial charge is 0.234 e. The summed E-state index contributed by atoms with van der Waals surface area (Å²) in [6.45, 7) is 2.03. The fourth-order valence-corrected chi connectivity index (χ4v) is 6.30. The number of carbonyl (C=O) groups excluding carboxylic acids is 1. The Balaban J connectivity index is 1.37. The van der Waals surface area contributed by atoms with E-state index in [-0.39, 0.29) is 5.91 Å². The lowest BCUT2D eigenvalue weighted by atomic mass is 9.95. The molecule has 1 amide bonds. The first-order valence-electron chi connectivity index (χ1n) is 12.2. The van der Waals surface area contributed by atoms with E-state index in [0.717, 1.165) is 46.0 Å². The number of hydrogen-bond donors (Lipinski definition) is 1. The van der Waals surface area contributed by atoms with Crippen molar-refractivity contribution in [2.24, 2.45) is 0 Å². The van der Waals surface area contributed by atoms with E-state index in [1.165, 1.54) is 47.4 Å². The third-order valence-corrected chi connectivity index (χ3v) is 8.23. The summed E-state index contributed by atoms with van der Waals surface area (Å²) >= 11 is 5.01. The predicted molar refractivity (Wildman–Crippen MR) is 147 cm³/mol. The Morgan fingerprint density at radius 1 is 1.06 bits per heavy atom. The van der Waals surface area contributed by atoms with E-state index in [9.17, 15) is 4.79 Å². The lowest BCUT2D eigenvalue weighted by Gasteiger charge is -2.25. The highest BCUT2D eigenvalue weighted by atomic mass is 79.9. The first-order valence-corrected chi connectivity index (χ1v) is 14.0. The quantitative estimate of drug-likeness (QED) is 0.245. The monoisotopic (exact) mass is 548 g/mol. The molecule has 4 aromatic rings. The van der Waals surface area contributed by atoms with Crippen molar-refractivity contribution in [1.82, 2.24) is 14.8 Å². The summed E-state index contributed by atoms with van der Waals surface area (Å²) in [5.74, 6) is 1.23. The van der Waals surface area contributed by atoms with Gasteiger partial charge in [0.05, 0.1) is 11.4 Å². The topological polar surface area (TPSA) is 59.8 Å². The molecule has 35 heavy (non-hydrogen) atoms. The molecule has 1 heterocycles. The van der Waals surface area contributed by atoms with Gasteiger partial charge in [-0.25, -0.2) is 0 Å². The predicted octanol–water partition coefficient (Wildman–Crippen LogP) is 7.33. The van der Waals surface area contributed by atoms with Crippen LogP contribution in [0.15, 0.2) is 70.3 Å². The number of nitrogens with one attached hydrogen (secondary N) is 1. The molecule has 0 saturated heterocycles. The molecule has 1 aliphatic carbocycles. The normalized spacial score (nSPS) is 14.3. The van der Waals surface area contributed by atoms with Crippen LogP contribution >= 0.6 is 27.7 Å². The van der Waals surface area contributed by atoms with Gasteiger partial charge in [-0.2, -0.15) is 0 Å². The number of benzene rings is 3. The first kappa shape index (κ1) is 24.1. The molecule has 5 rings (SSSR count). The van der Waals surface area contributed by atoms with E-state index < -0.39 is 0 Å². The van der Waals surface area contributed by atoms with Gasteiger partial charge in [-0.3, -0.25) is 4.79 Å². The van der Waals surface area contributed by atoms with Gasteiger partial charge in [0.1, 0.15) is 5.82 Å². The van der Waals surface area contributed by atoms with Crippen LogP contribution in [0.5, 0.6) is 0 Å². The number of aryl methyl sites for hydroxylation is 1. The summed E-state index contributed by atoms with van der Waals surface area (Å²) in [6, 6.07) is 21.2. The second-order valence-corrected chi connectivity index (χ2v) is 11.0. The van der Waals surface area contributed by atoms with Crippen LogP contribution in [0.3, 0.4) is 0 Å². The summed E-state index contributed by atoms with van der Waals surface area (Å²) in [6.07, 6.45) is 6.74. The molecule has 0 aliphatic heterocycles. The zero-order valence-electron chi connectivity index (χ0n) is 19.8. The van der Waals surface area contributed by atoms with Gasteiger partial charge in [-0.1, -0.05) is 79.6 Å². The van der Waals surface area contributed by atoms with E-state index in [0.29, 0.717) is 11.8 Å². The zero-order chi connectivity index (χ0) is 24.2. The summed E-state index contributed by atoms with van der Waals surface area (Å²) in [7, 11) is 0. The molecule has 0 radical (unpaired) electrons. The van der Waals surface area contributed by atoms with E-state index >= 15 is 0 Å². The second kappa shape index (κ2) is 11.0. The van der Waals surface area contributed by atoms with Gasteiger partial charge in [0.2, 0.25) is 5.91 Å². The highest BCUT2D eigenvalue weighted by Crippen LogP contribution is 2.34. The van der Waals surface area contributed by atoms with Gasteiger partial charge in [-0.15, -0.1) is 10.2 Å². The third kappa shape index (κ3) is 5.62. The molecular formula is C28H29BrN4OS. The van der Waals surface area contributed by atoms with Crippen LogP contribution in [0, 0.1) is 6.92 Å². The number of nitrogens with zero attached hydrogens (tertiary/aromatic N) is 3. The number of anilines is 1. The molecule has 0 spiro atoms. The van der Waals surface area contributed by atoms with Crippen molar-refractivity contribution in [2.75, 3.05) is 11.1 Å². The minimum absolute atomic E-state index is 0.0478. The fraction of sp³-hybridized carbons (Fsp3) is 0.321. The van der Waals surface area contributed by atoms with Crippen LogP contribution < -0.4 is 5.32 Å². The van der Waals surface area contributed by atoms with E-state index in [1.54, 1.807) is 0 Å². The van der Waals surface area contributed by atoms with Gasteiger partial charge < -0.3 is 9.88 Å². The molecule has 3 aromatic carbocycles. The highest BCUT2D eigenvalue weighted by Gasteiger charge is 2.24. The molecule has 1 N–H and O–H groups in total. The number of fused-ring (bicyclic) bond motifs is 1. The second-order valence-electron chi connectivity index (χ2n) is 9.20. The first-order chi connectivity index (χ1) is 17.1. The van der Waals surface area contributed by atoms with Crippen molar-refractivity contribution < 1.29 is 4.79 Å². The Bertz CT molecular complexity index is 1340. The highest BCUT2D eigenvalue weighted by molar-refractivity contribution is 9.10. The number of rotatable bonds is 7. The summed E-state index contributed by atoms with van der Waals surface area (Å²) in [5, 5.41) is 15.5. The molecule has 0 atom stereocenters. The van der Waals surface area contributed by atoms with Crippen LogP contribution in [0.1, 0.15) is 55.1 Å². The standard InChI is InChI=1S/C28H29BrN4OS/c1-19-14-15-25(24(29)16-19)30-27(34)18-35-28-32-31-26(33(28)22-11-3-2-4-12-22)17-21-10-7-9-20-8-5-6-13-23(20)21/h5-10,13-16,22H,2-4,11-12,17-18H2,1H3,(H,30,34). The van der Waals surface area contributed by atoms with Crippen LogP contribution in [-0.2, 0) is 11.2 Å². The Kier molecular flexibility index (Phi) is 7.54. The van der Waals surface area contributed by atoms with E-state index in [1.807, 2.05) is 25.1 Å². The molecule has 1 fully saturated rings. The summed E-state index contributed by atoms with van der Waals surface area (Å²) in [5.41, 5.74) is 3.18. The van der Waals surface area contributed by atoms with Crippen molar-refractivity contribution in [1.29, 1.82) is 0 Å². The van der Waals surface area contributed by atoms with Gasteiger partial charge in [-0.05, 0) is 69.7 Å². The van der Waals surface area contributed by atoms with Gasteiger partial charge in [0.25, 0.3) is 0 Å². The average molecular weight is 550 g/mol. The molecule has 1 saturated carbocycles. The van der Waals surface area contributed by atoms with Crippen LogP contribution in [-0.4, -0.2) is 26.4 Å². The molecule has 5 nitrogen and oxygen atoms in total. The zero-order valence-corrected chi connectivity index (χ0v) is 22.2. The maximum absolute atomic E-state index is 12.7. The lowest BCUT2D eigenvalue weighted by Crippen LogP contribution is -2.18. The molecule has 0 bridgehead atoms. The molecule has 7 heteroatoms. The van der Waals surface area contributed by atoms with Gasteiger partial charge in [0, 0.05) is 16.9 Å². The minimum Gasteiger partial charge on any atom is -0.324 e. The minimum atomic E-state index is -0.0478. The Hall–Kier alpha value is -2.64. The molecular weight excluding hydrogens is 520 g/mol. The fourth-order valence-electron chi connectivity index (χ4n) is 4.89. The number of carbonyl (C=O) groups is 1. The Morgan fingerprint density at radius 3 is 2.69 bits per heavy atom. The van der Waals surface area contributed by atoms with Crippen molar-refractivity contribution in [2.45, 2.75) is 56.6 Å². The number of aromatic nitrogens is 3. The number of thioether (sulfide) groups is 1. The van der Waals surface area contributed by atoms with Gasteiger partial charge >= 0.3 is 0 Å². The van der Waals surface area contributed by atoms with Crippen molar-refractivity contribution in [3.8, 4) is 0 Å². The number of amides is 1.